The van der Waals surface area contributed by atoms with E-state index in [0.29, 0.717) is 5.92 Å². The summed E-state index contributed by atoms with van der Waals surface area (Å²) in [5.41, 5.74) is 4.41. The Hall–Kier alpha value is -2.09. The standard InChI is InChI=1S/C18H19NO/c1-13(2)16-9-8-14-10-11-19(17(14)12-16)18(20)15-6-4-3-5-7-15/h3-9,12-13H,10-11H2,1-2H3. The van der Waals surface area contributed by atoms with E-state index < -0.39 is 0 Å². The summed E-state index contributed by atoms with van der Waals surface area (Å²) in [7, 11) is 0. The van der Waals surface area contributed by atoms with Crippen molar-refractivity contribution in [3.8, 4) is 0 Å². The van der Waals surface area contributed by atoms with Gasteiger partial charge in [-0.1, -0.05) is 44.2 Å². The van der Waals surface area contributed by atoms with Gasteiger partial charge in [-0.2, -0.15) is 0 Å². The van der Waals surface area contributed by atoms with Gasteiger partial charge in [-0.25, -0.2) is 0 Å². The van der Waals surface area contributed by atoms with Gasteiger partial charge in [0, 0.05) is 17.8 Å². The van der Waals surface area contributed by atoms with Crippen LogP contribution in [0.3, 0.4) is 0 Å². The van der Waals surface area contributed by atoms with Crippen molar-refractivity contribution in [1.82, 2.24) is 0 Å². The van der Waals surface area contributed by atoms with Gasteiger partial charge in [0.15, 0.2) is 0 Å². The number of nitrogens with zero attached hydrogens (tertiary/aromatic N) is 1. The normalized spacial score (nSPS) is 13.7. The Labute approximate surface area is 120 Å². The highest BCUT2D eigenvalue weighted by Crippen LogP contribution is 2.32. The van der Waals surface area contributed by atoms with Crippen LogP contribution in [0.2, 0.25) is 0 Å². The maximum absolute atomic E-state index is 12.6. The highest BCUT2D eigenvalue weighted by molar-refractivity contribution is 6.07. The zero-order valence-corrected chi connectivity index (χ0v) is 12.0. The second kappa shape index (κ2) is 5.12. The smallest absolute Gasteiger partial charge is 0.258 e. The van der Waals surface area contributed by atoms with Crippen LogP contribution in [-0.4, -0.2) is 12.5 Å². The topological polar surface area (TPSA) is 20.3 Å². The predicted octanol–water partition coefficient (Wildman–Crippen LogP) is 4.01. The van der Waals surface area contributed by atoms with E-state index >= 15 is 0 Å². The van der Waals surface area contributed by atoms with Gasteiger partial charge in [-0.15, -0.1) is 0 Å². The van der Waals surface area contributed by atoms with Crippen molar-refractivity contribution in [2.45, 2.75) is 26.2 Å². The molecule has 1 heterocycles. The monoisotopic (exact) mass is 265 g/mol. The van der Waals surface area contributed by atoms with E-state index in [4.69, 9.17) is 0 Å². The average Bonchev–Trinajstić information content (AvgIpc) is 2.90. The lowest BCUT2D eigenvalue weighted by Crippen LogP contribution is -2.28. The molecule has 2 heteroatoms. The summed E-state index contributed by atoms with van der Waals surface area (Å²) < 4.78 is 0. The molecule has 0 bridgehead atoms. The van der Waals surface area contributed by atoms with E-state index in [1.54, 1.807) is 0 Å². The summed E-state index contributed by atoms with van der Waals surface area (Å²) in [6, 6.07) is 16.0. The second-order valence-electron chi connectivity index (χ2n) is 5.62. The van der Waals surface area contributed by atoms with E-state index in [1.807, 2.05) is 35.2 Å². The van der Waals surface area contributed by atoms with E-state index in [1.165, 1.54) is 11.1 Å². The van der Waals surface area contributed by atoms with Gasteiger partial charge in [0.05, 0.1) is 0 Å². The number of amides is 1. The minimum atomic E-state index is 0.102. The maximum Gasteiger partial charge on any atom is 0.258 e. The molecule has 2 aromatic carbocycles. The number of rotatable bonds is 2. The van der Waals surface area contributed by atoms with Crippen molar-refractivity contribution in [1.29, 1.82) is 0 Å². The molecule has 0 spiro atoms. The Balaban J connectivity index is 1.96. The molecule has 2 nitrogen and oxygen atoms in total. The van der Waals surface area contributed by atoms with Crippen LogP contribution in [0, 0.1) is 0 Å². The summed E-state index contributed by atoms with van der Waals surface area (Å²) in [5.74, 6) is 0.583. The number of hydrogen-bond donors (Lipinski definition) is 0. The first kappa shape index (κ1) is 12.9. The van der Waals surface area contributed by atoms with E-state index in [-0.39, 0.29) is 5.91 Å². The molecule has 0 unspecified atom stereocenters. The van der Waals surface area contributed by atoms with Crippen LogP contribution in [0.5, 0.6) is 0 Å². The Morgan fingerprint density at radius 3 is 2.55 bits per heavy atom. The molecule has 0 saturated carbocycles. The van der Waals surface area contributed by atoms with Crippen LogP contribution >= 0.6 is 0 Å². The quantitative estimate of drug-likeness (QED) is 0.803. The summed E-state index contributed by atoms with van der Waals surface area (Å²) in [4.78, 5) is 14.5. The number of carbonyl (C=O) groups excluding carboxylic acids is 1. The van der Waals surface area contributed by atoms with Gasteiger partial charge in [0.25, 0.3) is 5.91 Å². The number of benzene rings is 2. The lowest BCUT2D eigenvalue weighted by Gasteiger charge is -2.19. The van der Waals surface area contributed by atoms with Gasteiger partial charge >= 0.3 is 0 Å². The number of carbonyl (C=O) groups is 1. The van der Waals surface area contributed by atoms with Crippen LogP contribution < -0.4 is 4.90 Å². The fourth-order valence-electron chi connectivity index (χ4n) is 2.70. The van der Waals surface area contributed by atoms with Crippen LogP contribution in [0.15, 0.2) is 48.5 Å². The van der Waals surface area contributed by atoms with Gasteiger partial charge in [-0.3, -0.25) is 4.79 Å². The lowest BCUT2D eigenvalue weighted by atomic mass is 10.0. The summed E-state index contributed by atoms with van der Waals surface area (Å²) in [6.45, 7) is 5.14. The van der Waals surface area contributed by atoms with Gasteiger partial charge in [0.1, 0.15) is 0 Å². The van der Waals surface area contributed by atoms with E-state index in [0.717, 1.165) is 24.2 Å². The van der Waals surface area contributed by atoms with Gasteiger partial charge in [-0.05, 0) is 41.7 Å². The molecular formula is C18H19NO. The summed E-state index contributed by atoms with van der Waals surface area (Å²) >= 11 is 0. The van der Waals surface area contributed by atoms with Crippen molar-refractivity contribution in [3.05, 3.63) is 65.2 Å². The van der Waals surface area contributed by atoms with Crippen molar-refractivity contribution >= 4 is 11.6 Å². The van der Waals surface area contributed by atoms with Crippen LogP contribution in [0.1, 0.15) is 41.3 Å². The fourth-order valence-corrected chi connectivity index (χ4v) is 2.70. The molecular weight excluding hydrogens is 246 g/mol. The zero-order chi connectivity index (χ0) is 14.1. The molecule has 3 rings (SSSR count). The molecule has 2 aromatic rings. The van der Waals surface area contributed by atoms with Crippen LogP contribution in [0.4, 0.5) is 5.69 Å². The predicted molar refractivity (Wildman–Crippen MR) is 82.4 cm³/mol. The van der Waals surface area contributed by atoms with Crippen LogP contribution in [0.25, 0.3) is 0 Å². The van der Waals surface area contributed by atoms with Gasteiger partial charge in [0.2, 0.25) is 0 Å². The molecule has 0 saturated heterocycles. The first-order valence-electron chi connectivity index (χ1n) is 7.16. The summed E-state index contributed by atoms with van der Waals surface area (Å²) in [5, 5.41) is 0. The SMILES string of the molecule is CC(C)c1ccc2c(c1)N(C(=O)c1ccccc1)CC2. The Kier molecular flexibility index (Phi) is 3.31. The number of fused-ring (bicyclic) bond motifs is 1. The third kappa shape index (κ3) is 2.22. The average molecular weight is 265 g/mol. The molecule has 0 aromatic heterocycles. The molecule has 0 N–H and O–H groups in total. The molecule has 0 radical (unpaired) electrons. The number of hydrogen-bond acceptors (Lipinski definition) is 1. The minimum Gasteiger partial charge on any atom is -0.308 e. The summed E-state index contributed by atoms with van der Waals surface area (Å²) in [6.07, 6.45) is 0.951. The van der Waals surface area contributed by atoms with Crippen molar-refractivity contribution in [2.75, 3.05) is 11.4 Å². The number of anilines is 1. The molecule has 0 atom stereocenters. The highest BCUT2D eigenvalue weighted by Gasteiger charge is 2.25. The maximum atomic E-state index is 12.6. The largest absolute Gasteiger partial charge is 0.308 e. The Morgan fingerprint density at radius 2 is 1.85 bits per heavy atom. The molecule has 20 heavy (non-hydrogen) atoms. The molecule has 0 aliphatic carbocycles. The van der Waals surface area contributed by atoms with E-state index in [2.05, 4.69) is 32.0 Å². The second-order valence-corrected chi connectivity index (χ2v) is 5.62. The Morgan fingerprint density at radius 1 is 1.10 bits per heavy atom. The third-order valence-corrected chi connectivity index (χ3v) is 3.94. The molecule has 1 amide bonds. The minimum absolute atomic E-state index is 0.102. The molecule has 0 fully saturated rings. The van der Waals surface area contributed by atoms with Crippen molar-refractivity contribution < 1.29 is 4.79 Å². The molecule has 1 aliphatic rings. The first-order chi connectivity index (χ1) is 9.66. The van der Waals surface area contributed by atoms with E-state index in [9.17, 15) is 4.79 Å². The van der Waals surface area contributed by atoms with Crippen molar-refractivity contribution in [3.63, 3.8) is 0 Å². The van der Waals surface area contributed by atoms with Gasteiger partial charge < -0.3 is 4.90 Å². The molecule has 102 valence electrons. The molecule has 1 aliphatic heterocycles. The Bertz CT molecular complexity index is 631. The highest BCUT2D eigenvalue weighted by atomic mass is 16.2. The van der Waals surface area contributed by atoms with Crippen molar-refractivity contribution in [2.24, 2.45) is 0 Å². The zero-order valence-electron chi connectivity index (χ0n) is 12.0. The third-order valence-electron chi connectivity index (χ3n) is 3.94. The van der Waals surface area contributed by atoms with Crippen LogP contribution in [-0.2, 0) is 6.42 Å². The fraction of sp³-hybridized carbons (Fsp3) is 0.278. The lowest BCUT2D eigenvalue weighted by molar-refractivity contribution is 0.0989. The first-order valence-corrected chi connectivity index (χ1v) is 7.16.